The Balaban J connectivity index is 2.30. The van der Waals surface area contributed by atoms with E-state index >= 15 is 0 Å². The average molecular weight is 268 g/mol. The summed E-state index contributed by atoms with van der Waals surface area (Å²) < 4.78 is 1.24. The molecule has 1 N–H and O–H groups in total. The second-order valence-electron chi connectivity index (χ2n) is 4.50. The number of rotatable bonds is 1. The predicted molar refractivity (Wildman–Crippen MR) is 68.5 cm³/mol. The first-order chi connectivity index (χ1) is 7.18. The van der Waals surface area contributed by atoms with Crippen molar-refractivity contribution < 1.29 is 0 Å². The quantitative estimate of drug-likeness (QED) is 0.821. The van der Waals surface area contributed by atoms with Gasteiger partial charge in [-0.15, -0.1) is 0 Å². The van der Waals surface area contributed by atoms with E-state index in [1.807, 2.05) is 0 Å². The Kier molecular flexibility index (Phi) is 3.47. The Morgan fingerprint density at radius 2 is 2.07 bits per heavy atom. The minimum atomic E-state index is 0.704. The molecular weight excluding hydrogens is 250 g/mol. The van der Waals surface area contributed by atoms with Crippen LogP contribution in [0.3, 0.4) is 0 Å². The van der Waals surface area contributed by atoms with E-state index in [1.54, 1.807) is 0 Å². The molecule has 0 aliphatic carbocycles. The van der Waals surface area contributed by atoms with Crippen molar-refractivity contribution in [3.05, 3.63) is 33.3 Å². The van der Waals surface area contributed by atoms with Gasteiger partial charge in [0.05, 0.1) is 0 Å². The third-order valence-corrected chi connectivity index (χ3v) is 4.14. The number of piperidine rings is 1. The molecule has 1 aromatic carbocycles. The molecule has 82 valence electrons. The molecule has 1 aromatic rings. The highest BCUT2D eigenvalue weighted by atomic mass is 79.9. The second-order valence-corrected chi connectivity index (χ2v) is 5.36. The molecule has 1 heterocycles. The highest BCUT2D eigenvalue weighted by Gasteiger charge is 2.17. The van der Waals surface area contributed by atoms with Crippen LogP contribution in [0.2, 0.25) is 0 Å². The maximum absolute atomic E-state index is 3.63. The topological polar surface area (TPSA) is 12.0 Å². The van der Waals surface area contributed by atoms with Gasteiger partial charge >= 0.3 is 0 Å². The van der Waals surface area contributed by atoms with Crippen molar-refractivity contribution in [1.82, 2.24) is 5.32 Å². The zero-order valence-corrected chi connectivity index (χ0v) is 11.0. The van der Waals surface area contributed by atoms with Crippen LogP contribution in [-0.2, 0) is 0 Å². The van der Waals surface area contributed by atoms with E-state index in [9.17, 15) is 0 Å². The van der Waals surface area contributed by atoms with E-state index in [0.717, 1.165) is 6.54 Å². The Hall–Kier alpha value is -0.340. The molecule has 0 amide bonds. The summed E-state index contributed by atoms with van der Waals surface area (Å²) in [5.74, 6) is 0.704. The molecule has 2 heteroatoms. The fourth-order valence-electron chi connectivity index (χ4n) is 2.40. The van der Waals surface area contributed by atoms with Crippen LogP contribution in [0.1, 0.15) is 35.4 Å². The molecular formula is C13H18BrN. The number of aryl methyl sites for hydroxylation is 2. The molecule has 0 aromatic heterocycles. The number of nitrogens with one attached hydrogen (secondary N) is 1. The maximum Gasteiger partial charge on any atom is 0.0207 e. The number of hydrogen-bond donors (Lipinski definition) is 1. The maximum atomic E-state index is 3.63. The Bertz CT molecular complexity index is 354. The zero-order valence-electron chi connectivity index (χ0n) is 9.44. The molecule has 0 spiro atoms. The van der Waals surface area contributed by atoms with Gasteiger partial charge in [-0.3, -0.25) is 0 Å². The molecule has 0 bridgehead atoms. The first-order valence-electron chi connectivity index (χ1n) is 5.66. The Morgan fingerprint density at radius 1 is 1.27 bits per heavy atom. The van der Waals surface area contributed by atoms with Gasteiger partial charge in [0.2, 0.25) is 0 Å². The van der Waals surface area contributed by atoms with Crippen molar-refractivity contribution in [2.24, 2.45) is 0 Å². The lowest BCUT2D eigenvalue weighted by molar-refractivity contribution is 0.460. The Labute approximate surface area is 100 Å². The smallest absolute Gasteiger partial charge is 0.0207 e. The minimum Gasteiger partial charge on any atom is -0.316 e. The SMILES string of the molecule is Cc1cc(C)c(C2CCCNC2)cc1Br. The predicted octanol–water partition coefficient (Wildman–Crippen LogP) is 3.53. The third kappa shape index (κ3) is 2.43. The second kappa shape index (κ2) is 4.67. The standard InChI is InChI=1S/C13H18BrN/c1-9-6-10(2)13(14)7-12(9)11-4-3-5-15-8-11/h6-7,11,15H,3-5,8H2,1-2H3. The molecule has 1 unspecified atom stereocenters. The normalized spacial score (nSPS) is 21.7. The summed E-state index contributed by atoms with van der Waals surface area (Å²) in [5, 5.41) is 3.48. The van der Waals surface area contributed by atoms with Crippen molar-refractivity contribution in [3.8, 4) is 0 Å². The summed E-state index contributed by atoms with van der Waals surface area (Å²) >= 11 is 3.63. The molecule has 1 saturated heterocycles. The van der Waals surface area contributed by atoms with E-state index in [4.69, 9.17) is 0 Å². The van der Waals surface area contributed by atoms with Crippen LogP contribution in [0.4, 0.5) is 0 Å². The Morgan fingerprint density at radius 3 is 2.73 bits per heavy atom. The van der Waals surface area contributed by atoms with Crippen molar-refractivity contribution in [1.29, 1.82) is 0 Å². The molecule has 1 aliphatic rings. The van der Waals surface area contributed by atoms with Gasteiger partial charge < -0.3 is 5.32 Å². The van der Waals surface area contributed by atoms with Gasteiger partial charge in [-0.05, 0) is 61.9 Å². The van der Waals surface area contributed by atoms with Crippen LogP contribution in [0, 0.1) is 13.8 Å². The highest BCUT2D eigenvalue weighted by molar-refractivity contribution is 9.10. The van der Waals surface area contributed by atoms with Crippen LogP contribution in [0.25, 0.3) is 0 Å². The van der Waals surface area contributed by atoms with Gasteiger partial charge in [-0.25, -0.2) is 0 Å². The summed E-state index contributed by atoms with van der Waals surface area (Å²) in [6.45, 7) is 6.70. The number of hydrogen-bond acceptors (Lipinski definition) is 1. The van der Waals surface area contributed by atoms with E-state index < -0.39 is 0 Å². The van der Waals surface area contributed by atoms with E-state index in [0.29, 0.717) is 5.92 Å². The first kappa shape index (κ1) is 11.2. The van der Waals surface area contributed by atoms with Crippen LogP contribution in [-0.4, -0.2) is 13.1 Å². The van der Waals surface area contributed by atoms with Gasteiger partial charge in [0.25, 0.3) is 0 Å². The van der Waals surface area contributed by atoms with Crippen molar-refractivity contribution >= 4 is 15.9 Å². The highest BCUT2D eigenvalue weighted by Crippen LogP contribution is 2.30. The molecule has 2 rings (SSSR count). The van der Waals surface area contributed by atoms with Gasteiger partial charge in [0.15, 0.2) is 0 Å². The molecule has 15 heavy (non-hydrogen) atoms. The lowest BCUT2D eigenvalue weighted by atomic mass is 9.88. The van der Waals surface area contributed by atoms with Crippen LogP contribution < -0.4 is 5.32 Å². The lowest BCUT2D eigenvalue weighted by Crippen LogP contribution is -2.28. The number of benzene rings is 1. The van der Waals surface area contributed by atoms with E-state index in [2.05, 4.69) is 47.2 Å². The lowest BCUT2D eigenvalue weighted by Gasteiger charge is -2.25. The summed E-state index contributed by atoms with van der Waals surface area (Å²) in [6.07, 6.45) is 2.62. The van der Waals surface area contributed by atoms with Gasteiger partial charge in [-0.1, -0.05) is 22.0 Å². The van der Waals surface area contributed by atoms with Crippen molar-refractivity contribution in [3.63, 3.8) is 0 Å². The van der Waals surface area contributed by atoms with E-state index in [1.165, 1.54) is 40.5 Å². The fourth-order valence-corrected chi connectivity index (χ4v) is 2.76. The molecule has 1 nitrogen and oxygen atoms in total. The van der Waals surface area contributed by atoms with Crippen molar-refractivity contribution in [2.45, 2.75) is 32.6 Å². The average Bonchev–Trinajstić information content (AvgIpc) is 2.25. The monoisotopic (exact) mass is 267 g/mol. The number of halogens is 1. The molecule has 1 atom stereocenters. The minimum absolute atomic E-state index is 0.704. The van der Waals surface area contributed by atoms with Gasteiger partial charge in [-0.2, -0.15) is 0 Å². The van der Waals surface area contributed by atoms with Gasteiger partial charge in [0.1, 0.15) is 0 Å². The summed E-state index contributed by atoms with van der Waals surface area (Å²) in [4.78, 5) is 0. The zero-order chi connectivity index (χ0) is 10.8. The largest absolute Gasteiger partial charge is 0.316 e. The summed E-state index contributed by atoms with van der Waals surface area (Å²) in [7, 11) is 0. The fraction of sp³-hybridized carbons (Fsp3) is 0.538. The van der Waals surface area contributed by atoms with Crippen LogP contribution in [0.5, 0.6) is 0 Å². The van der Waals surface area contributed by atoms with Crippen LogP contribution >= 0.6 is 15.9 Å². The molecule has 1 fully saturated rings. The summed E-state index contributed by atoms with van der Waals surface area (Å²) in [5.41, 5.74) is 4.28. The first-order valence-corrected chi connectivity index (χ1v) is 6.45. The molecule has 1 aliphatic heterocycles. The third-order valence-electron chi connectivity index (χ3n) is 3.28. The van der Waals surface area contributed by atoms with Crippen molar-refractivity contribution in [2.75, 3.05) is 13.1 Å². The van der Waals surface area contributed by atoms with Gasteiger partial charge in [0, 0.05) is 11.0 Å². The van der Waals surface area contributed by atoms with E-state index in [-0.39, 0.29) is 0 Å². The molecule has 0 radical (unpaired) electrons. The molecule has 0 saturated carbocycles. The van der Waals surface area contributed by atoms with Crippen LogP contribution in [0.15, 0.2) is 16.6 Å². The summed E-state index contributed by atoms with van der Waals surface area (Å²) in [6, 6.07) is 4.59.